The van der Waals surface area contributed by atoms with Gasteiger partial charge in [0, 0.05) is 6.04 Å². The Bertz CT molecular complexity index is 449. The average Bonchev–Trinajstić information content (AvgIpc) is 2.41. The van der Waals surface area contributed by atoms with Gasteiger partial charge in [-0.05, 0) is 49.8 Å². The first-order valence-corrected chi connectivity index (χ1v) is 7.13. The number of rotatable bonds is 3. The van der Waals surface area contributed by atoms with E-state index < -0.39 is 11.7 Å². The van der Waals surface area contributed by atoms with E-state index >= 15 is 0 Å². The Kier molecular flexibility index (Phi) is 4.45. The molecule has 0 amide bonds. The highest BCUT2D eigenvalue weighted by Crippen LogP contribution is 2.34. The molecular formula is C15H21F3N2. The van der Waals surface area contributed by atoms with Crippen LogP contribution in [0.1, 0.15) is 44.6 Å². The minimum absolute atomic E-state index is 0.164. The lowest BCUT2D eigenvalue weighted by molar-refractivity contribution is -0.137. The zero-order valence-corrected chi connectivity index (χ0v) is 11.6. The highest BCUT2D eigenvalue weighted by molar-refractivity contribution is 5.67. The van der Waals surface area contributed by atoms with Gasteiger partial charge in [0.25, 0.3) is 0 Å². The lowest BCUT2D eigenvalue weighted by atomic mass is 9.84. The predicted octanol–water partition coefficient (Wildman–Crippen LogP) is 4.67. The Labute approximate surface area is 117 Å². The van der Waals surface area contributed by atoms with Crippen molar-refractivity contribution in [3.05, 3.63) is 23.8 Å². The van der Waals surface area contributed by atoms with Crippen molar-refractivity contribution in [2.75, 3.05) is 11.1 Å². The van der Waals surface area contributed by atoms with Crippen LogP contribution in [0.4, 0.5) is 24.5 Å². The van der Waals surface area contributed by atoms with Gasteiger partial charge in [0.1, 0.15) is 0 Å². The number of hydrogen-bond acceptors (Lipinski definition) is 2. The first-order valence-electron chi connectivity index (χ1n) is 7.13. The van der Waals surface area contributed by atoms with E-state index in [-0.39, 0.29) is 5.69 Å². The van der Waals surface area contributed by atoms with Gasteiger partial charge in [-0.25, -0.2) is 0 Å². The van der Waals surface area contributed by atoms with Gasteiger partial charge in [-0.1, -0.05) is 13.3 Å². The highest BCUT2D eigenvalue weighted by Gasteiger charge is 2.31. The number of nitrogens with two attached hydrogens (primary N) is 1. The summed E-state index contributed by atoms with van der Waals surface area (Å²) in [5.74, 6) is 0.790. The molecule has 1 aliphatic rings. The molecule has 3 N–H and O–H groups in total. The van der Waals surface area contributed by atoms with Gasteiger partial charge >= 0.3 is 6.18 Å². The van der Waals surface area contributed by atoms with Crippen molar-refractivity contribution in [2.45, 2.75) is 51.2 Å². The fourth-order valence-electron chi connectivity index (χ4n) is 2.81. The maximum absolute atomic E-state index is 12.6. The summed E-state index contributed by atoms with van der Waals surface area (Å²) >= 11 is 0. The number of anilines is 2. The molecule has 2 nitrogen and oxygen atoms in total. The van der Waals surface area contributed by atoms with E-state index in [0.29, 0.717) is 11.7 Å². The molecule has 0 spiro atoms. The van der Waals surface area contributed by atoms with Gasteiger partial charge in [-0.2, -0.15) is 13.2 Å². The Morgan fingerprint density at radius 2 is 1.85 bits per heavy atom. The lowest BCUT2D eigenvalue weighted by Crippen LogP contribution is -2.26. The summed E-state index contributed by atoms with van der Waals surface area (Å²) < 4.78 is 37.7. The Morgan fingerprint density at radius 1 is 1.20 bits per heavy atom. The largest absolute Gasteiger partial charge is 0.416 e. The first kappa shape index (κ1) is 15.0. The molecule has 0 heterocycles. The molecule has 112 valence electrons. The minimum Gasteiger partial charge on any atom is -0.397 e. The van der Waals surface area contributed by atoms with Crippen LogP contribution >= 0.6 is 0 Å². The summed E-state index contributed by atoms with van der Waals surface area (Å²) in [5, 5.41) is 3.28. The molecule has 1 fully saturated rings. The topological polar surface area (TPSA) is 38.0 Å². The monoisotopic (exact) mass is 286 g/mol. The maximum Gasteiger partial charge on any atom is 0.416 e. The minimum atomic E-state index is -4.34. The number of halogens is 3. The van der Waals surface area contributed by atoms with Crippen molar-refractivity contribution in [2.24, 2.45) is 5.92 Å². The number of benzene rings is 1. The average molecular weight is 286 g/mol. The van der Waals surface area contributed by atoms with Crippen LogP contribution in [0.3, 0.4) is 0 Å². The molecule has 1 aliphatic carbocycles. The quantitative estimate of drug-likeness (QED) is 0.792. The van der Waals surface area contributed by atoms with E-state index in [2.05, 4.69) is 12.2 Å². The molecular weight excluding hydrogens is 265 g/mol. The second-order valence-corrected chi connectivity index (χ2v) is 5.57. The molecule has 1 aromatic rings. The van der Waals surface area contributed by atoms with Crippen LogP contribution in [0.2, 0.25) is 0 Å². The summed E-state index contributed by atoms with van der Waals surface area (Å²) in [6.45, 7) is 2.20. The molecule has 0 radical (unpaired) electrons. The van der Waals surface area contributed by atoms with Crippen LogP contribution in [0.25, 0.3) is 0 Å². The predicted molar refractivity (Wildman–Crippen MR) is 75.5 cm³/mol. The zero-order chi connectivity index (χ0) is 14.8. The fourth-order valence-corrected chi connectivity index (χ4v) is 2.81. The number of nitrogen functional groups attached to an aromatic ring is 1. The third kappa shape index (κ3) is 3.58. The molecule has 1 aromatic carbocycles. The normalized spacial score (nSPS) is 23.6. The third-order valence-electron chi connectivity index (χ3n) is 4.16. The van der Waals surface area contributed by atoms with Crippen LogP contribution < -0.4 is 11.1 Å². The van der Waals surface area contributed by atoms with E-state index in [4.69, 9.17) is 5.73 Å². The first-order chi connectivity index (χ1) is 9.40. The van der Waals surface area contributed by atoms with Crippen LogP contribution in [0, 0.1) is 5.92 Å². The van der Waals surface area contributed by atoms with Gasteiger partial charge < -0.3 is 11.1 Å². The molecule has 1 saturated carbocycles. The van der Waals surface area contributed by atoms with Crippen molar-refractivity contribution in [1.82, 2.24) is 0 Å². The molecule has 5 heteroatoms. The zero-order valence-electron chi connectivity index (χ0n) is 11.6. The lowest BCUT2D eigenvalue weighted by Gasteiger charge is -2.29. The van der Waals surface area contributed by atoms with E-state index in [9.17, 15) is 13.2 Å². The molecule has 2 rings (SSSR count). The van der Waals surface area contributed by atoms with Gasteiger partial charge in [-0.3, -0.25) is 0 Å². The molecule has 0 aromatic heterocycles. The number of alkyl halides is 3. The molecule has 0 saturated heterocycles. The number of nitrogens with one attached hydrogen (secondary N) is 1. The van der Waals surface area contributed by atoms with E-state index in [1.54, 1.807) is 0 Å². The molecule has 0 unspecified atom stereocenters. The van der Waals surface area contributed by atoms with E-state index in [0.717, 1.165) is 30.9 Å². The molecule has 0 bridgehead atoms. The molecule has 0 atom stereocenters. The van der Waals surface area contributed by atoms with Crippen molar-refractivity contribution >= 4 is 11.4 Å². The summed E-state index contributed by atoms with van der Waals surface area (Å²) in [6, 6.07) is 3.83. The van der Waals surface area contributed by atoms with Crippen LogP contribution in [0.5, 0.6) is 0 Å². The van der Waals surface area contributed by atoms with Crippen LogP contribution in [0.15, 0.2) is 18.2 Å². The third-order valence-corrected chi connectivity index (χ3v) is 4.16. The Hall–Kier alpha value is -1.39. The van der Waals surface area contributed by atoms with E-state index in [1.807, 2.05) is 0 Å². The van der Waals surface area contributed by atoms with Crippen molar-refractivity contribution in [3.8, 4) is 0 Å². The van der Waals surface area contributed by atoms with Crippen LogP contribution in [-0.4, -0.2) is 6.04 Å². The standard InChI is InChI=1S/C15H21F3N2/c1-2-10-3-6-12(7-4-10)20-14-8-5-11(9-13(14)19)15(16,17)18/h5,8-10,12,20H,2-4,6-7,19H2,1H3. The van der Waals surface area contributed by atoms with Gasteiger partial charge in [-0.15, -0.1) is 0 Å². The van der Waals surface area contributed by atoms with E-state index in [1.165, 1.54) is 25.3 Å². The summed E-state index contributed by atoms with van der Waals surface area (Å²) in [4.78, 5) is 0. The fraction of sp³-hybridized carbons (Fsp3) is 0.600. The van der Waals surface area contributed by atoms with Crippen LogP contribution in [-0.2, 0) is 6.18 Å². The highest BCUT2D eigenvalue weighted by atomic mass is 19.4. The maximum atomic E-state index is 12.6. The Balaban J connectivity index is 2.00. The smallest absolute Gasteiger partial charge is 0.397 e. The van der Waals surface area contributed by atoms with Gasteiger partial charge in [0.05, 0.1) is 16.9 Å². The van der Waals surface area contributed by atoms with Gasteiger partial charge in [0.2, 0.25) is 0 Å². The van der Waals surface area contributed by atoms with Crippen molar-refractivity contribution in [1.29, 1.82) is 0 Å². The SMILES string of the molecule is CCC1CCC(Nc2ccc(C(F)(F)F)cc2N)CC1. The molecule has 20 heavy (non-hydrogen) atoms. The Morgan fingerprint density at radius 3 is 2.35 bits per heavy atom. The summed E-state index contributed by atoms with van der Waals surface area (Å²) in [7, 11) is 0. The summed E-state index contributed by atoms with van der Waals surface area (Å²) in [6.07, 6.45) is 1.32. The summed E-state index contributed by atoms with van der Waals surface area (Å²) in [5.41, 5.74) is 5.80. The number of hydrogen-bond donors (Lipinski definition) is 2. The second-order valence-electron chi connectivity index (χ2n) is 5.57. The van der Waals surface area contributed by atoms with Crippen molar-refractivity contribution < 1.29 is 13.2 Å². The van der Waals surface area contributed by atoms with Crippen molar-refractivity contribution in [3.63, 3.8) is 0 Å². The second kappa shape index (κ2) is 5.94. The molecule has 0 aliphatic heterocycles. The van der Waals surface area contributed by atoms with Gasteiger partial charge in [0.15, 0.2) is 0 Å².